The molecule has 0 bridgehead atoms. The molecule has 1 fully saturated rings. The molecule has 2 amide bonds. The first kappa shape index (κ1) is 23.2. The fraction of sp³-hybridized carbons (Fsp3) is 0.308. The van der Waals surface area contributed by atoms with Gasteiger partial charge in [0.15, 0.2) is 0 Å². The Labute approximate surface area is 199 Å². The molecule has 2 aromatic carbocycles. The molecule has 176 valence electrons. The number of methoxy groups -OCH3 is 1. The number of nitrogens with one attached hydrogen (secondary N) is 2. The Morgan fingerprint density at radius 3 is 2.38 bits per heavy atom. The second-order valence-electron chi connectivity index (χ2n) is 8.54. The van der Waals surface area contributed by atoms with E-state index in [0.717, 1.165) is 34.2 Å². The molecule has 2 heterocycles. The summed E-state index contributed by atoms with van der Waals surface area (Å²) in [6, 6.07) is 15.0. The molecule has 1 unspecified atom stereocenters. The normalized spacial score (nSPS) is 15.4. The van der Waals surface area contributed by atoms with Gasteiger partial charge in [0.05, 0.1) is 25.3 Å². The lowest BCUT2D eigenvalue weighted by Crippen LogP contribution is -2.28. The molecule has 0 saturated carbocycles. The summed E-state index contributed by atoms with van der Waals surface area (Å²) in [6.45, 7) is 6.69. The summed E-state index contributed by atoms with van der Waals surface area (Å²) in [6.07, 6.45) is 0.179. The molecule has 8 heteroatoms. The minimum Gasteiger partial charge on any atom is -0.497 e. The summed E-state index contributed by atoms with van der Waals surface area (Å²) in [5.74, 6) is 0.763. The van der Waals surface area contributed by atoms with Crippen molar-refractivity contribution >= 4 is 28.9 Å². The first-order valence-electron chi connectivity index (χ1n) is 11.2. The number of nitrogens with zero attached hydrogens (tertiary/aromatic N) is 3. The highest BCUT2D eigenvalue weighted by Crippen LogP contribution is 2.31. The molecule has 1 aliphatic rings. The molecule has 1 aliphatic heterocycles. The fourth-order valence-electron chi connectivity index (χ4n) is 4.10. The largest absolute Gasteiger partial charge is 0.497 e. The van der Waals surface area contributed by atoms with Crippen LogP contribution in [0.3, 0.4) is 0 Å². The predicted molar refractivity (Wildman–Crippen MR) is 132 cm³/mol. The standard InChI is InChI=1S/C26H29N5O3/c1-16-5-10-22(34-4)13-23(16)31-15-19(12-25(31)32)26(33)30-21-8-6-20(7-9-21)27-14-24-28-17(2)11-18(3)29-24/h5-11,13,19,27H,12,14-15H2,1-4H3,(H,30,33). The van der Waals surface area contributed by atoms with Crippen LogP contribution in [0.1, 0.15) is 29.2 Å². The van der Waals surface area contributed by atoms with Crippen LogP contribution in [0.4, 0.5) is 17.1 Å². The number of anilines is 3. The number of ether oxygens (including phenoxy) is 1. The lowest BCUT2D eigenvalue weighted by atomic mass is 10.1. The number of hydrogen-bond donors (Lipinski definition) is 2. The van der Waals surface area contributed by atoms with Gasteiger partial charge in [-0.05, 0) is 62.7 Å². The van der Waals surface area contributed by atoms with Crippen LogP contribution in [0.2, 0.25) is 0 Å². The van der Waals surface area contributed by atoms with Crippen molar-refractivity contribution in [3.05, 3.63) is 71.3 Å². The van der Waals surface area contributed by atoms with Gasteiger partial charge in [0.25, 0.3) is 0 Å². The maximum absolute atomic E-state index is 12.9. The van der Waals surface area contributed by atoms with Gasteiger partial charge in [-0.25, -0.2) is 9.97 Å². The van der Waals surface area contributed by atoms with E-state index in [1.54, 1.807) is 12.0 Å². The van der Waals surface area contributed by atoms with E-state index in [1.165, 1.54) is 0 Å². The average molecular weight is 460 g/mol. The van der Waals surface area contributed by atoms with Crippen molar-refractivity contribution in [1.29, 1.82) is 0 Å². The third kappa shape index (κ3) is 5.33. The lowest BCUT2D eigenvalue weighted by Gasteiger charge is -2.20. The molecule has 1 atom stereocenters. The second-order valence-corrected chi connectivity index (χ2v) is 8.54. The van der Waals surface area contributed by atoms with Gasteiger partial charge in [-0.15, -0.1) is 0 Å². The van der Waals surface area contributed by atoms with Gasteiger partial charge in [0.1, 0.15) is 11.6 Å². The van der Waals surface area contributed by atoms with Gasteiger partial charge >= 0.3 is 0 Å². The monoisotopic (exact) mass is 459 g/mol. The van der Waals surface area contributed by atoms with Gasteiger partial charge in [0.2, 0.25) is 11.8 Å². The maximum Gasteiger partial charge on any atom is 0.229 e. The van der Waals surface area contributed by atoms with Crippen molar-refractivity contribution in [2.75, 3.05) is 29.2 Å². The molecule has 8 nitrogen and oxygen atoms in total. The molecule has 1 aromatic heterocycles. The zero-order valence-corrected chi connectivity index (χ0v) is 19.9. The molecule has 0 radical (unpaired) electrons. The molecular weight excluding hydrogens is 430 g/mol. The molecule has 34 heavy (non-hydrogen) atoms. The fourth-order valence-corrected chi connectivity index (χ4v) is 4.10. The van der Waals surface area contributed by atoms with E-state index < -0.39 is 5.92 Å². The summed E-state index contributed by atoms with van der Waals surface area (Å²) in [7, 11) is 1.59. The molecular formula is C26H29N5O3. The quantitative estimate of drug-likeness (QED) is 0.554. The third-order valence-electron chi connectivity index (χ3n) is 5.83. The highest BCUT2D eigenvalue weighted by Gasteiger charge is 2.35. The zero-order chi connectivity index (χ0) is 24.2. The molecule has 0 aliphatic carbocycles. The first-order valence-corrected chi connectivity index (χ1v) is 11.2. The van der Waals surface area contributed by atoms with Crippen molar-refractivity contribution in [2.24, 2.45) is 5.92 Å². The Bertz CT molecular complexity index is 1190. The van der Waals surface area contributed by atoms with Crippen LogP contribution in [0, 0.1) is 26.7 Å². The Balaban J connectivity index is 1.35. The van der Waals surface area contributed by atoms with Gasteiger partial charge in [-0.3, -0.25) is 9.59 Å². The summed E-state index contributed by atoms with van der Waals surface area (Å²) >= 11 is 0. The first-order chi connectivity index (χ1) is 16.3. The van der Waals surface area contributed by atoms with Crippen molar-refractivity contribution < 1.29 is 14.3 Å². The number of carbonyl (C=O) groups is 2. The van der Waals surface area contributed by atoms with Crippen LogP contribution in [0.25, 0.3) is 0 Å². The van der Waals surface area contributed by atoms with Gasteiger partial charge < -0.3 is 20.3 Å². The third-order valence-corrected chi connectivity index (χ3v) is 5.83. The molecule has 0 spiro atoms. The smallest absolute Gasteiger partial charge is 0.229 e. The number of carbonyl (C=O) groups excluding carboxylic acids is 2. The minimum atomic E-state index is -0.419. The van der Waals surface area contributed by atoms with Crippen LogP contribution >= 0.6 is 0 Å². The molecule has 1 saturated heterocycles. The summed E-state index contributed by atoms with van der Waals surface area (Å²) in [5.41, 5.74) is 5.20. The Hall–Kier alpha value is -3.94. The SMILES string of the molecule is COc1ccc(C)c(N2CC(C(=O)Nc3ccc(NCc4nc(C)cc(C)n4)cc3)CC2=O)c1. The Morgan fingerprint density at radius 2 is 1.71 bits per heavy atom. The molecule has 3 aromatic rings. The van der Waals surface area contributed by atoms with E-state index in [-0.39, 0.29) is 18.2 Å². The van der Waals surface area contributed by atoms with E-state index in [9.17, 15) is 9.59 Å². The summed E-state index contributed by atoms with van der Waals surface area (Å²) in [4.78, 5) is 36.0. The number of aromatic nitrogens is 2. The number of hydrogen-bond acceptors (Lipinski definition) is 6. The van der Waals surface area contributed by atoms with Gasteiger partial charge in [0, 0.05) is 41.8 Å². The van der Waals surface area contributed by atoms with Crippen molar-refractivity contribution in [3.63, 3.8) is 0 Å². The average Bonchev–Trinajstić information content (AvgIpc) is 3.20. The maximum atomic E-state index is 12.9. The van der Waals surface area contributed by atoms with E-state index in [0.29, 0.717) is 24.5 Å². The Kier molecular flexibility index (Phi) is 6.77. The highest BCUT2D eigenvalue weighted by atomic mass is 16.5. The van der Waals surface area contributed by atoms with Gasteiger partial charge in [-0.1, -0.05) is 6.07 Å². The number of aryl methyl sites for hydroxylation is 3. The van der Waals surface area contributed by atoms with Crippen LogP contribution in [-0.2, 0) is 16.1 Å². The van der Waals surface area contributed by atoms with Crippen LogP contribution in [-0.4, -0.2) is 35.4 Å². The second kappa shape index (κ2) is 9.91. The number of rotatable bonds is 7. The van der Waals surface area contributed by atoms with Crippen LogP contribution in [0.5, 0.6) is 5.75 Å². The highest BCUT2D eigenvalue weighted by molar-refractivity contribution is 6.04. The minimum absolute atomic E-state index is 0.0651. The molecule has 2 N–H and O–H groups in total. The summed E-state index contributed by atoms with van der Waals surface area (Å²) in [5, 5.41) is 6.23. The Morgan fingerprint density at radius 1 is 1.03 bits per heavy atom. The molecule has 4 rings (SSSR count). The van der Waals surface area contributed by atoms with E-state index in [4.69, 9.17) is 4.74 Å². The van der Waals surface area contributed by atoms with Crippen molar-refractivity contribution in [2.45, 2.75) is 33.7 Å². The van der Waals surface area contributed by atoms with Crippen molar-refractivity contribution in [3.8, 4) is 5.75 Å². The topological polar surface area (TPSA) is 96.5 Å². The zero-order valence-electron chi connectivity index (χ0n) is 19.9. The number of benzene rings is 2. The van der Waals surface area contributed by atoms with E-state index >= 15 is 0 Å². The summed E-state index contributed by atoms with van der Waals surface area (Å²) < 4.78 is 5.29. The lowest BCUT2D eigenvalue weighted by molar-refractivity contribution is -0.122. The van der Waals surface area contributed by atoms with Crippen LogP contribution < -0.4 is 20.3 Å². The van der Waals surface area contributed by atoms with E-state index in [2.05, 4.69) is 20.6 Å². The van der Waals surface area contributed by atoms with Crippen molar-refractivity contribution in [1.82, 2.24) is 9.97 Å². The number of amides is 2. The van der Waals surface area contributed by atoms with Gasteiger partial charge in [-0.2, -0.15) is 0 Å². The van der Waals surface area contributed by atoms with E-state index in [1.807, 2.05) is 69.3 Å². The van der Waals surface area contributed by atoms with Crippen LogP contribution in [0.15, 0.2) is 48.5 Å². The predicted octanol–water partition coefficient (Wildman–Crippen LogP) is 4.01.